The molecule has 2 rings (SSSR count). The van der Waals surface area contributed by atoms with Crippen LogP contribution in [0, 0.1) is 0 Å². The van der Waals surface area contributed by atoms with Gasteiger partial charge in [-0.05, 0) is 18.2 Å². The Morgan fingerprint density at radius 3 is 3.00 bits per heavy atom. The number of pyridine rings is 1. The summed E-state index contributed by atoms with van der Waals surface area (Å²) in [7, 11) is 1.54. The van der Waals surface area contributed by atoms with Gasteiger partial charge in [-0.15, -0.1) is 0 Å². The smallest absolute Gasteiger partial charge is 0.371 e. The lowest BCUT2D eigenvalue weighted by Gasteiger charge is -2.05. The van der Waals surface area contributed by atoms with Gasteiger partial charge in [-0.3, -0.25) is 0 Å². The summed E-state index contributed by atoms with van der Waals surface area (Å²) in [4.78, 5) is 14.6. The maximum Gasteiger partial charge on any atom is 0.371 e. The Kier molecular flexibility index (Phi) is 3.47. The van der Waals surface area contributed by atoms with Gasteiger partial charge < -0.3 is 19.6 Å². The van der Waals surface area contributed by atoms with Gasteiger partial charge in [-0.2, -0.15) is 0 Å². The van der Waals surface area contributed by atoms with E-state index in [1.54, 1.807) is 24.4 Å². The van der Waals surface area contributed by atoms with Crippen molar-refractivity contribution < 1.29 is 19.1 Å². The number of aromatic nitrogens is 1. The van der Waals surface area contributed by atoms with E-state index < -0.39 is 5.97 Å². The molecule has 2 heterocycles. The second kappa shape index (κ2) is 5.22. The Morgan fingerprint density at radius 1 is 1.50 bits per heavy atom. The van der Waals surface area contributed by atoms with Crippen molar-refractivity contribution in [3.05, 3.63) is 42.0 Å². The van der Waals surface area contributed by atoms with Crippen LogP contribution in [-0.2, 0) is 6.54 Å². The highest BCUT2D eigenvalue weighted by molar-refractivity contribution is 5.84. The van der Waals surface area contributed by atoms with Crippen LogP contribution in [0.5, 0.6) is 5.88 Å². The second-order valence-electron chi connectivity index (χ2n) is 3.51. The number of carboxylic acids is 1. The van der Waals surface area contributed by atoms with Crippen LogP contribution >= 0.6 is 0 Å². The highest BCUT2D eigenvalue weighted by Crippen LogP contribution is 2.15. The second-order valence-corrected chi connectivity index (χ2v) is 3.51. The molecule has 0 radical (unpaired) electrons. The van der Waals surface area contributed by atoms with Crippen LogP contribution in [-0.4, -0.2) is 23.2 Å². The number of furan rings is 1. The summed E-state index contributed by atoms with van der Waals surface area (Å²) in [5.41, 5.74) is 0.815. The highest BCUT2D eigenvalue weighted by Gasteiger charge is 2.08. The largest absolute Gasteiger partial charge is 0.481 e. The number of methoxy groups -OCH3 is 1. The molecule has 0 aliphatic rings. The van der Waals surface area contributed by atoms with Gasteiger partial charge in [0.25, 0.3) is 0 Å². The number of hydrogen-bond donors (Lipinski definition) is 2. The molecule has 6 heteroatoms. The summed E-state index contributed by atoms with van der Waals surface area (Å²) < 4.78 is 10.1. The minimum absolute atomic E-state index is 0.0703. The standard InChI is InChI=1S/C12H12N2O4/c1-17-11-6-8(4-5-13-11)14-7-9-2-3-10(18-9)12(15)16/h2-6H,7H2,1H3,(H,13,14)(H,15,16). The Bertz CT molecular complexity index is 551. The molecule has 2 aromatic heterocycles. The van der Waals surface area contributed by atoms with E-state index in [4.69, 9.17) is 14.3 Å². The third kappa shape index (κ3) is 2.79. The Balaban J connectivity index is 1.99. The van der Waals surface area contributed by atoms with E-state index in [1.807, 2.05) is 0 Å². The Morgan fingerprint density at radius 2 is 2.33 bits per heavy atom. The molecular formula is C12H12N2O4. The van der Waals surface area contributed by atoms with Gasteiger partial charge in [0, 0.05) is 18.0 Å². The molecule has 0 aliphatic heterocycles. The van der Waals surface area contributed by atoms with E-state index in [-0.39, 0.29) is 5.76 Å². The number of nitrogens with one attached hydrogen (secondary N) is 1. The molecule has 0 fully saturated rings. The molecule has 2 aromatic rings. The zero-order valence-electron chi connectivity index (χ0n) is 9.71. The number of anilines is 1. The monoisotopic (exact) mass is 248 g/mol. The summed E-state index contributed by atoms with van der Waals surface area (Å²) in [6.07, 6.45) is 1.62. The molecule has 0 spiro atoms. The zero-order chi connectivity index (χ0) is 13.0. The predicted octanol–water partition coefficient (Wildman–Crippen LogP) is 1.99. The van der Waals surface area contributed by atoms with E-state index in [9.17, 15) is 4.79 Å². The van der Waals surface area contributed by atoms with Gasteiger partial charge in [0.1, 0.15) is 5.76 Å². The molecule has 0 unspecified atom stereocenters. The van der Waals surface area contributed by atoms with Gasteiger partial charge in [0.2, 0.25) is 11.6 Å². The maximum absolute atomic E-state index is 10.6. The average molecular weight is 248 g/mol. The Hall–Kier alpha value is -2.50. The molecule has 0 amide bonds. The number of carbonyl (C=O) groups is 1. The third-order valence-electron chi connectivity index (χ3n) is 2.28. The van der Waals surface area contributed by atoms with Crippen molar-refractivity contribution in [2.24, 2.45) is 0 Å². The van der Waals surface area contributed by atoms with Crippen LogP contribution in [0.15, 0.2) is 34.9 Å². The SMILES string of the molecule is COc1cc(NCc2ccc(C(=O)O)o2)ccn1. The number of rotatable bonds is 5. The van der Waals surface area contributed by atoms with Crippen LogP contribution < -0.4 is 10.1 Å². The fourth-order valence-corrected chi connectivity index (χ4v) is 1.41. The van der Waals surface area contributed by atoms with Crippen molar-refractivity contribution in [1.29, 1.82) is 0 Å². The molecule has 0 saturated carbocycles. The van der Waals surface area contributed by atoms with E-state index in [0.717, 1.165) is 5.69 Å². The van der Waals surface area contributed by atoms with Crippen LogP contribution in [0.3, 0.4) is 0 Å². The first kappa shape index (κ1) is 12.0. The fraction of sp³-hybridized carbons (Fsp3) is 0.167. The van der Waals surface area contributed by atoms with E-state index >= 15 is 0 Å². The summed E-state index contributed by atoms with van der Waals surface area (Å²) >= 11 is 0. The minimum atomic E-state index is -1.08. The average Bonchev–Trinajstić information content (AvgIpc) is 2.85. The quantitative estimate of drug-likeness (QED) is 0.841. The van der Waals surface area contributed by atoms with Crippen LogP contribution in [0.2, 0.25) is 0 Å². The molecule has 0 aliphatic carbocycles. The fourth-order valence-electron chi connectivity index (χ4n) is 1.41. The number of carboxylic acid groups (broad SMARTS) is 1. The number of hydrogen-bond acceptors (Lipinski definition) is 5. The number of nitrogens with zero attached hydrogens (tertiary/aromatic N) is 1. The molecule has 2 N–H and O–H groups in total. The first-order valence-corrected chi connectivity index (χ1v) is 5.25. The normalized spacial score (nSPS) is 10.1. The van der Waals surface area contributed by atoms with Gasteiger partial charge in [-0.25, -0.2) is 9.78 Å². The van der Waals surface area contributed by atoms with Crippen LogP contribution in [0.1, 0.15) is 16.3 Å². The molecule has 0 bridgehead atoms. The van der Waals surface area contributed by atoms with Crippen molar-refractivity contribution in [2.75, 3.05) is 12.4 Å². The summed E-state index contributed by atoms with van der Waals surface area (Å²) in [5, 5.41) is 11.8. The third-order valence-corrected chi connectivity index (χ3v) is 2.28. The van der Waals surface area contributed by atoms with Crippen molar-refractivity contribution in [2.45, 2.75) is 6.54 Å². The number of ether oxygens (including phenoxy) is 1. The number of aromatic carboxylic acids is 1. The van der Waals surface area contributed by atoms with Gasteiger partial charge in [0.15, 0.2) is 0 Å². The highest BCUT2D eigenvalue weighted by atomic mass is 16.5. The Labute approximate surface area is 103 Å². The molecule has 94 valence electrons. The van der Waals surface area contributed by atoms with Crippen molar-refractivity contribution in [3.63, 3.8) is 0 Å². The minimum Gasteiger partial charge on any atom is -0.481 e. The van der Waals surface area contributed by atoms with Crippen LogP contribution in [0.25, 0.3) is 0 Å². The van der Waals surface area contributed by atoms with Crippen molar-refractivity contribution >= 4 is 11.7 Å². The molecular weight excluding hydrogens is 236 g/mol. The zero-order valence-corrected chi connectivity index (χ0v) is 9.71. The van der Waals surface area contributed by atoms with E-state index in [2.05, 4.69) is 10.3 Å². The first-order valence-electron chi connectivity index (χ1n) is 5.25. The van der Waals surface area contributed by atoms with Crippen LogP contribution in [0.4, 0.5) is 5.69 Å². The lowest BCUT2D eigenvalue weighted by molar-refractivity contribution is 0.0660. The lowest BCUT2D eigenvalue weighted by atomic mass is 10.3. The van der Waals surface area contributed by atoms with Gasteiger partial charge >= 0.3 is 5.97 Å². The maximum atomic E-state index is 10.6. The van der Waals surface area contributed by atoms with Gasteiger partial charge in [0.05, 0.1) is 13.7 Å². The summed E-state index contributed by atoms with van der Waals surface area (Å²) in [6.45, 7) is 0.389. The van der Waals surface area contributed by atoms with E-state index in [0.29, 0.717) is 18.2 Å². The lowest BCUT2D eigenvalue weighted by Crippen LogP contribution is -1.99. The molecule has 6 nitrogen and oxygen atoms in total. The molecule has 0 saturated heterocycles. The molecule has 0 aromatic carbocycles. The topological polar surface area (TPSA) is 84.6 Å². The molecule has 0 atom stereocenters. The summed E-state index contributed by atoms with van der Waals surface area (Å²) in [6, 6.07) is 6.56. The first-order chi connectivity index (χ1) is 8.69. The molecule has 18 heavy (non-hydrogen) atoms. The van der Waals surface area contributed by atoms with E-state index in [1.165, 1.54) is 13.2 Å². The van der Waals surface area contributed by atoms with Crippen molar-refractivity contribution in [3.8, 4) is 5.88 Å². The summed E-state index contributed by atoms with van der Waals surface area (Å²) in [5.74, 6) is -0.0974. The van der Waals surface area contributed by atoms with Crippen molar-refractivity contribution in [1.82, 2.24) is 4.98 Å². The predicted molar refractivity (Wildman–Crippen MR) is 63.8 cm³/mol. The van der Waals surface area contributed by atoms with Gasteiger partial charge in [-0.1, -0.05) is 0 Å².